The number of hydrogen-bond donors (Lipinski definition) is 0. The minimum Gasteiger partial charge on any atom is -0.290 e. The van der Waals surface area contributed by atoms with Gasteiger partial charge in [0, 0.05) is 18.5 Å². The minimum absolute atomic E-state index is 0.00539. The van der Waals surface area contributed by atoms with Gasteiger partial charge in [-0.05, 0) is 27.7 Å². The lowest BCUT2D eigenvalue weighted by Crippen LogP contribution is -2.47. The molecule has 0 N–H and O–H groups in total. The Morgan fingerprint density at radius 1 is 1.33 bits per heavy atom. The summed E-state index contributed by atoms with van der Waals surface area (Å²) in [5, 5.41) is 0. The zero-order valence-corrected chi connectivity index (χ0v) is 8.19. The molecule has 0 aliphatic carbocycles. The van der Waals surface area contributed by atoms with Crippen LogP contribution in [0.25, 0.3) is 0 Å². The molecule has 1 atom stereocenters. The molecule has 0 aromatic rings. The molecule has 1 aliphatic heterocycles. The van der Waals surface area contributed by atoms with Gasteiger partial charge >= 0.3 is 0 Å². The fourth-order valence-corrected chi connectivity index (χ4v) is 1.82. The maximum absolute atomic E-state index is 13.1. The van der Waals surface area contributed by atoms with Crippen LogP contribution in [0.3, 0.4) is 0 Å². The summed E-state index contributed by atoms with van der Waals surface area (Å²) in [6.45, 7) is 8.05. The van der Waals surface area contributed by atoms with Crippen molar-refractivity contribution >= 4 is 0 Å². The highest BCUT2D eigenvalue weighted by Gasteiger charge is 2.48. The molecule has 0 aromatic carbocycles. The molecule has 0 amide bonds. The van der Waals surface area contributed by atoms with Crippen LogP contribution in [0.5, 0.6) is 0 Å². The molecule has 0 radical (unpaired) electrons. The van der Waals surface area contributed by atoms with Crippen molar-refractivity contribution in [1.82, 2.24) is 4.90 Å². The fraction of sp³-hybridized carbons (Fsp3) is 1.00. The Kier molecular flexibility index (Phi) is 2.19. The molecule has 0 bridgehead atoms. The molecule has 1 saturated heterocycles. The minimum atomic E-state index is -2.49. The fourth-order valence-electron chi connectivity index (χ4n) is 1.82. The van der Waals surface area contributed by atoms with Gasteiger partial charge in [0.1, 0.15) is 0 Å². The molecule has 1 nitrogen and oxygen atoms in total. The number of rotatable bonds is 0. The SMILES string of the molecule is C[C@H]1N(C(C)(C)C)CCC1(F)F. The normalized spacial score (nSPS) is 31.0. The standard InChI is InChI=1S/C9H17F2N/c1-7-9(10,11)5-6-12(7)8(2,3)4/h7H,5-6H2,1-4H3/t7-/m1/s1. The van der Waals surface area contributed by atoms with Gasteiger partial charge in [-0.1, -0.05) is 0 Å². The molecule has 3 heteroatoms. The Morgan fingerprint density at radius 2 is 1.83 bits per heavy atom. The average Bonchev–Trinajstić information content (AvgIpc) is 2.06. The second-order valence-corrected chi connectivity index (χ2v) is 4.55. The Hall–Kier alpha value is -0.180. The molecule has 1 aliphatic rings. The molecule has 1 heterocycles. The third-order valence-electron chi connectivity index (χ3n) is 2.63. The van der Waals surface area contributed by atoms with Crippen LogP contribution < -0.4 is 0 Å². The Morgan fingerprint density at radius 3 is 2.00 bits per heavy atom. The number of likely N-dealkylation sites (tertiary alicyclic amines) is 1. The monoisotopic (exact) mass is 177 g/mol. The van der Waals surface area contributed by atoms with Crippen LogP contribution in [0, 0.1) is 0 Å². The lowest BCUT2D eigenvalue weighted by Gasteiger charge is -2.36. The zero-order valence-electron chi connectivity index (χ0n) is 8.19. The van der Waals surface area contributed by atoms with Gasteiger partial charge in [0.2, 0.25) is 0 Å². The van der Waals surface area contributed by atoms with E-state index in [1.165, 1.54) is 0 Å². The quantitative estimate of drug-likeness (QED) is 0.549. The van der Waals surface area contributed by atoms with Crippen LogP contribution in [0.2, 0.25) is 0 Å². The second kappa shape index (κ2) is 2.66. The Balaban J connectivity index is 2.74. The van der Waals surface area contributed by atoms with Crippen molar-refractivity contribution in [3.8, 4) is 0 Å². The Bertz CT molecular complexity index is 172. The number of alkyl halides is 2. The van der Waals surface area contributed by atoms with E-state index in [4.69, 9.17) is 0 Å². The van der Waals surface area contributed by atoms with Crippen LogP contribution in [0.1, 0.15) is 34.1 Å². The van der Waals surface area contributed by atoms with Crippen molar-refractivity contribution in [2.75, 3.05) is 6.54 Å². The van der Waals surface area contributed by atoms with E-state index in [0.29, 0.717) is 6.54 Å². The summed E-state index contributed by atoms with van der Waals surface area (Å²) in [6, 6.07) is -0.613. The third kappa shape index (κ3) is 1.60. The van der Waals surface area contributed by atoms with Crippen molar-refractivity contribution in [2.24, 2.45) is 0 Å². The molecular formula is C9H17F2N. The Labute approximate surface area is 72.7 Å². The lowest BCUT2D eigenvalue weighted by molar-refractivity contribution is -0.0411. The molecule has 0 aromatic heterocycles. The predicted octanol–water partition coefficient (Wildman–Crippen LogP) is 2.51. The van der Waals surface area contributed by atoms with Gasteiger partial charge in [-0.3, -0.25) is 4.90 Å². The summed E-state index contributed by atoms with van der Waals surface area (Å²) in [6.07, 6.45) is 0.00539. The van der Waals surface area contributed by atoms with Gasteiger partial charge in [-0.2, -0.15) is 0 Å². The zero-order chi connectivity index (χ0) is 9.57. The van der Waals surface area contributed by atoms with E-state index in [1.54, 1.807) is 6.92 Å². The lowest BCUT2D eigenvalue weighted by atomic mass is 10.0. The van der Waals surface area contributed by atoms with E-state index < -0.39 is 12.0 Å². The first-order valence-corrected chi connectivity index (χ1v) is 4.40. The van der Waals surface area contributed by atoms with E-state index >= 15 is 0 Å². The van der Waals surface area contributed by atoms with Gasteiger partial charge in [0.15, 0.2) is 0 Å². The highest BCUT2D eigenvalue weighted by molar-refractivity contribution is 4.95. The van der Waals surface area contributed by atoms with Crippen molar-refractivity contribution < 1.29 is 8.78 Å². The van der Waals surface area contributed by atoms with Gasteiger partial charge < -0.3 is 0 Å². The van der Waals surface area contributed by atoms with Gasteiger partial charge in [-0.25, -0.2) is 8.78 Å². The average molecular weight is 177 g/mol. The molecule has 1 rings (SSSR count). The molecule has 0 spiro atoms. The molecule has 12 heavy (non-hydrogen) atoms. The van der Waals surface area contributed by atoms with Crippen LogP contribution in [0.4, 0.5) is 8.78 Å². The summed E-state index contributed by atoms with van der Waals surface area (Å²) in [4.78, 5) is 1.87. The van der Waals surface area contributed by atoms with Crippen molar-refractivity contribution in [3.63, 3.8) is 0 Å². The summed E-state index contributed by atoms with van der Waals surface area (Å²) in [5.41, 5.74) is -0.140. The highest BCUT2D eigenvalue weighted by atomic mass is 19.3. The number of halogens is 2. The highest BCUT2D eigenvalue weighted by Crippen LogP contribution is 2.37. The number of hydrogen-bond acceptors (Lipinski definition) is 1. The van der Waals surface area contributed by atoms with Crippen LogP contribution in [-0.4, -0.2) is 28.9 Å². The van der Waals surface area contributed by atoms with E-state index in [0.717, 1.165) is 0 Å². The second-order valence-electron chi connectivity index (χ2n) is 4.55. The molecule has 72 valence electrons. The predicted molar refractivity (Wildman–Crippen MR) is 45.5 cm³/mol. The topological polar surface area (TPSA) is 3.24 Å². The molecule has 0 saturated carbocycles. The summed E-state index contributed by atoms with van der Waals surface area (Å²) < 4.78 is 26.2. The first-order chi connectivity index (χ1) is 5.25. The molecule has 1 fully saturated rings. The maximum atomic E-state index is 13.1. The van der Waals surface area contributed by atoms with Gasteiger partial charge in [-0.15, -0.1) is 0 Å². The third-order valence-corrected chi connectivity index (χ3v) is 2.63. The number of nitrogens with zero attached hydrogens (tertiary/aromatic N) is 1. The van der Waals surface area contributed by atoms with Crippen molar-refractivity contribution in [1.29, 1.82) is 0 Å². The first-order valence-electron chi connectivity index (χ1n) is 4.40. The van der Waals surface area contributed by atoms with Crippen LogP contribution in [-0.2, 0) is 0 Å². The summed E-state index contributed by atoms with van der Waals surface area (Å²) in [5.74, 6) is -2.49. The van der Waals surface area contributed by atoms with Crippen molar-refractivity contribution in [2.45, 2.75) is 51.6 Å². The summed E-state index contributed by atoms with van der Waals surface area (Å²) in [7, 11) is 0. The van der Waals surface area contributed by atoms with Crippen LogP contribution in [0.15, 0.2) is 0 Å². The van der Waals surface area contributed by atoms with Crippen molar-refractivity contribution in [3.05, 3.63) is 0 Å². The van der Waals surface area contributed by atoms with Gasteiger partial charge in [0.25, 0.3) is 5.92 Å². The maximum Gasteiger partial charge on any atom is 0.264 e. The molecular weight excluding hydrogens is 160 g/mol. The summed E-state index contributed by atoms with van der Waals surface area (Å²) >= 11 is 0. The first kappa shape index (κ1) is 9.90. The largest absolute Gasteiger partial charge is 0.290 e. The van der Waals surface area contributed by atoms with E-state index in [1.807, 2.05) is 25.7 Å². The van der Waals surface area contributed by atoms with Crippen LogP contribution >= 0.6 is 0 Å². The van der Waals surface area contributed by atoms with Gasteiger partial charge in [0.05, 0.1) is 6.04 Å². The van der Waals surface area contributed by atoms with E-state index in [2.05, 4.69) is 0 Å². The van der Waals surface area contributed by atoms with E-state index in [9.17, 15) is 8.78 Å². The van der Waals surface area contributed by atoms with E-state index in [-0.39, 0.29) is 12.0 Å². The molecule has 0 unspecified atom stereocenters. The smallest absolute Gasteiger partial charge is 0.264 e.